The van der Waals surface area contributed by atoms with E-state index in [2.05, 4.69) is 13.8 Å². The van der Waals surface area contributed by atoms with Gasteiger partial charge in [-0.3, -0.25) is 4.79 Å². The van der Waals surface area contributed by atoms with Crippen molar-refractivity contribution in [2.75, 3.05) is 13.7 Å². The number of ether oxygens (including phenoxy) is 2. The first kappa shape index (κ1) is 16.5. The molecule has 4 heteroatoms. The molecule has 0 saturated heterocycles. The van der Waals surface area contributed by atoms with Gasteiger partial charge in [-0.05, 0) is 42.5 Å². The van der Waals surface area contributed by atoms with Gasteiger partial charge in [0.25, 0.3) is 0 Å². The second kappa shape index (κ2) is 8.59. The Balaban J connectivity index is 2.42. The lowest BCUT2D eigenvalue weighted by molar-refractivity contribution is -0.146. The number of carbonyl (C=O) groups excluding carboxylic acids is 1. The summed E-state index contributed by atoms with van der Waals surface area (Å²) < 4.78 is 10.4. The van der Waals surface area contributed by atoms with Gasteiger partial charge in [-0.25, -0.2) is 0 Å². The Labute approximate surface area is 121 Å². The van der Waals surface area contributed by atoms with Crippen LogP contribution in [0.15, 0.2) is 24.3 Å². The van der Waals surface area contributed by atoms with E-state index in [1.165, 1.54) is 0 Å². The zero-order valence-corrected chi connectivity index (χ0v) is 12.6. The molecule has 0 fully saturated rings. The van der Waals surface area contributed by atoms with Crippen molar-refractivity contribution in [1.82, 2.24) is 0 Å². The Morgan fingerprint density at radius 2 is 2.10 bits per heavy atom. The van der Waals surface area contributed by atoms with Crippen LogP contribution in [0.2, 0.25) is 0 Å². The number of esters is 1. The smallest absolute Gasteiger partial charge is 0.306 e. The molecule has 1 aromatic rings. The van der Waals surface area contributed by atoms with Gasteiger partial charge in [-0.15, -0.1) is 0 Å². The van der Waals surface area contributed by atoms with E-state index < -0.39 is 0 Å². The maximum absolute atomic E-state index is 11.8. The van der Waals surface area contributed by atoms with E-state index in [9.17, 15) is 4.79 Å². The molecule has 1 unspecified atom stereocenters. The summed E-state index contributed by atoms with van der Waals surface area (Å²) in [7, 11) is 1.61. The van der Waals surface area contributed by atoms with Gasteiger partial charge in [0.05, 0.1) is 7.11 Å². The van der Waals surface area contributed by atoms with E-state index >= 15 is 0 Å². The van der Waals surface area contributed by atoms with Gasteiger partial charge in [0.1, 0.15) is 12.4 Å². The number of methoxy groups -OCH3 is 1. The molecule has 0 heterocycles. The number of nitrogens with two attached hydrogens (primary N) is 1. The first-order valence-corrected chi connectivity index (χ1v) is 7.03. The minimum atomic E-state index is -0.191. The topological polar surface area (TPSA) is 61.5 Å². The standard InChI is InChI=1S/C16H25NO3/c1-12(2)7-14(10-17)9-16(18)20-11-13-5-4-6-15(8-13)19-3/h4-6,8,12,14H,7,9-11,17H2,1-3H3. The van der Waals surface area contributed by atoms with E-state index in [1.54, 1.807) is 7.11 Å². The summed E-state index contributed by atoms with van der Waals surface area (Å²) in [6.45, 7) is 5.05. The fraction of sp³-hybridized carbons (Fsp3) is 0.562. The highest BCUT2D eigenvalue weighted by atomic mass is 16.5. The van der Waals surface area contributed by atoms with Gasteiger partial charge in [-0.2, -0.15) is 0 Å². The molecular weight excluding hydrogens is 254 g/mol. The Hall–Kier alpha value is -1.55. The number of rotatable bonds is 8. The zero-order valence-electron chi connectivity index (χ0n) is 12.6. The molecule has 0 amide bonds. The van der Waals surface area contributed by atoms with Crippen LogP contribution < -0.4 is 10.5 Å². The number of carbonyl (C=O) groups is 1. The van der Waals surface area contributed by atoms with Crippen LogP contribution in [0.1, 0.15) is 32.3 Å². The molecule has 1 aromatic carbocycles. The lowest BCUT2D eigenvalue weighted by Gasteiger charge is -2.16. The third kappa shape index (κ3) is 6.06. The summed E-state index contributed by atoms with van der Waals surface area (Å²) in [4.78, 5) is 11.8. The third-order valence-electron chi connectivity index (χ3n) is 3.13. The number of hydrogen-bond acceptors (Lipinski definition) is 4. The van der Waals surface area contributed by atoms with Gasteiger partial charge >= 0.3 is 5.97 Å². The largest absolute Gasteiger partial charge is 0.497 e. The molecule has 1 rings (SSSR count). The molecule has 0 saturated carbocycles. The molecule has 112 valence electrons. The summed E-state index contributed by atoms with van der Waals surface area (Å²) in [5, 5.41) is 0. The lowest BCUT2D eigenvalue weighted by atomic mass is 9.94. The molecule has 0 bridgehead atoms. The van der Waals surface area contributed by atoms with Crippen molar-refractivity contribution in [1.29, 1.82) is 0 Å². The van der Waals surface area contributed by atoms with Crippen LogP contribution >= 0.6 is 0 Å². The van der Waals surface area contributed by atoms with Gasteiger partial charge in [0.2, 0.25) is 0 Å². The highest BCUT2D eigenvalue weighted by Gasteiger charge is 2.15. The summed E-state index contributed by atoms with van der Waals surface area (Å²) in [5.41, 5.74) is 6.61. The monoisotopic (exact) mass is 279 g/mol. The van der Waals surface area contributed by atoms with Crippen LogP contribution in [-0.4, -0.2) is 19.6 Å². The van der Waals surface area contributed by atoms with E-state index in [4.69, 9.17) is 15.2 Å². The van der Waals surface area contributed by atoms with Crippen LogP contribution in [0.5, 0.6) is 5.75 Å². The minimum Gasteiger partial charge on any atom is -0.497 e. The fourth-order valence-electron chi connectivity index (χ4n) is 2.15. The Morgan fingerprint density at radius 1 is 1.35 bits per heavy atom. The first-order chi connectivity index (χ1) is 9.55. The van der Waals surface area contributed by atoms with Gasteiger partial charge < -0.3 is 15.2 Å². The molecule has 0 aliphatic rings. The first-order valence-electron chi connectivity index (χ1n) is 7.03. The molecular formula is C16H25NO3. The molecule has 2 N–H and O–H groups in total. The normalized spacial score (nSPS) is 12.2. The van der Waals surface area contributed by atoms with Crippen molar-refractivity contribution in [2.24, 2.45) is 17.6 Å². The maximum Gasteiger partial charge on any atom is 0.306 e. The van der Waals surface area contributed by atoms with Gasteiger partial charge in [0, 0.05) is 6.42 Å². The van der Waals surface area contributed by atoms with E-state index in [0.717, 1.165) is 17.7 Å². The predicted octanol–water partition coefficient (Wildman–Crippen LogP) is 2.75. The van der Waals surface area contributed by atoms with Gasteiger partial charge in [0.15, 0.2) is 0 Å². The SMILES string of the molecule is COc1cccc(COC(=O)CC(CN)CC(C)C)c1. The fourth-order valence-corrected chi connectivity index (χ4v) is 2.15. The van der Waals surface area contributed by atoms with Crippen LogP contribution in [0, 0.1) is 11.8 Å². The summed E-state index contributed by atoms with van der Waals surface area (Å²) in [6, 6.07) is 7.51. The summed E-state index contributed by atoms with van der Waals surface area (Å²) in [6.07, 6.45) is 1.34. The Bertz CT molecular complexity index is 418. The van der Waals surface area contributed by atoms with E-state index in [1.807, 2.05) is 24.3 Å². The van der Waals surface area contributed by atoms with Crippen molar-refractivity contribution >= 4 is 5.97 Å². The molecule has 1 atom stereocenters. The third-order valence-corrected chi connectivity index (χ3v) is 3.13. The highest BCUT2D eigenvalue weighted by Crippen LogP contribution is 2.16. The average molecular weight is 279 g/mol. The van der Waals surface area contributed by atoms with E-state index in [-0.39, 0.29) is 18.5 Å². The van der Waals surface area contributed by atoms with Crippen molar-refractivity contribution in [3.05, 3.63) is 29.8 Å². The number of benzene rings is 1. The van der Waals surface area contributed by atoms with Crippen molar-refractivity contribution in [2.45, 2.75) is 33.3 Å². The summed E-state index contributed by atoms with van der Waals surface area (Å²) in [5.74, 6) is 1.31. The zero-order chi connectivity index (χ0) is 15.0. The Kier molecular flexibility index (Phi) is 7.09. The van der Waals surface area contributed by atoms with Crippen LogP contribution in [0.25, 0.3) is 0 Å². The predicted molar refractivity (Wildman–Crippen MR) is 79.4 cm³/mol. The molecule has 0 aliphatic carbocycles. The average Bonchev–Trinajstić information content (AvgIpc) is 2.44. The van der Waals surface area contributed by atoms with Gasteiger partial charge in [-0.1, -0.05) is 26.0 Å². The molecule has 4 nitrogen and oxygen atoms in total. The Morgan fingerprint density at radius 3 is 2.70 bits per heavy atom. The van der Waals surface area contributed by atoms with Crippen LogP contribution in [-0.2, 0) is 16.1 Å². The van der Waals surface area contributed by atoms with E-state index in [0.29, 0.717) is 18.9 Å². The van der Waals surface area contributed by atoms with Crippen molar-refractivity contribution in [3.63, 3.8) is 0 Å². The molecule has 0 aromatic heterocycles. The summed E-state index contributed by atoms with van der Waals surface area (Å²) >= 11 is 0. The second-order valence-corrected chi connectivity index (χ2v) is 5.45. The molecule has 0 spiro atoms. The van der Waals surface area contributed by atoms with Crippen LogP contribution in [0.4, 0.5) is 0 Å². The molecule has 0 aliphatic heterocycles. The minimum absolute atomic E-state index is 0.191. The quantitative estimate of drug-likeness (QED) is 0.743. The number of hydrogen-bond donors (Lipinski definition) is 1. The lowest BCUT2D eigenvalue weighted by Crippen LogP contribution is -2.21. The molecule has 0 radical (unpaired) electrons. The van der Waals surface area contributed by atoms with Crippen molar-refractivity contribution < 1.29 is 14.3 Å². The maximum atomic E-state index is 11.8. The highest BCUT2D eigenvalue weighted by molar-refractivity contribution is 5.69. The van der Waals surface area contributed by atoms with Crippen molar-refractivity contribution in [3.8, 4) is 5.75 Å². The second-order valence-electron chi connectivity index (χ2n) is 5.45. The van der Waals surface area contributed by atoms with Crippen LogP contribution in [0.3, 0.4) is 0 Å². The molecule has 20 heavy (non-hydrogen) atoms.